The summed E-state index contributed by atoms with van der Waals surface area (Å²) in [6, 6.07) is 17.7. The summed E-state index contributed by atoms with van der Waals surface area (Å²) in [4.78, 5) is 14.5. The van der Waals surface area contributed by atoms with Crippen LogP contribution < -0.4 is 4.74 Å². The first-order valence-corrected chi connectivity index (χ1v) is 8.85. The van der Waals surface area contributed by atoms with Gasteiger partial charge in [-0.3, -0.25) is 4.79 Å². The molecule has 0 N–H and O–H groups in total. The van der Waals surface area contributed by atoms with Crippen LogP contribution in [-0.2, 0) is 11.2 Å². The van der Waals surface area contributed by atoms with Gasteiger partial charge in [0.25, 0.3) is 5.91 Å². The van der Waals surface area contributed by atoms with Crippen molar-refractivity contribution < 1.29 is 14.3 Å². The minimum Gasteiger partial charge on any atom is -0.497 e. The van der Waals surface area contributed by atoms with Crippen LogP contribution in [-0.4, -0.2) is 43.7 Å². The maximum absolute atomic E-state index is 12.5. The Morgan fingerprint density at radius 2 is 1.72 bits per heavy atom. The van der Waals surface area contributed by atoms with Crippen LogP contribution >= 0.6 is 0 Å². The molecule has 1 saturated heterocycles. The number of hydrogen-bond donors (Lipinski definition) is 0. The quantitative estimate of drug-likeness (QED) is 0.808. The lowest BCUT2D eigenvalue weighted by atomic mass is 10.1. The molecule has 1 amide bonds. The summed E-state index contributed by atoms with van der Waals surface area (Å²) in [6.07, 6.45) is 2.99. The van der Waals surface area contributed by atoms with Gasteiger partial charge < -0.3 is 14.4 Å². The van der Waals surface area contributed by atoms with E-state index in [1.54, 1.807) is 7.11 Å². The van der Waals surface area contributed by atoms with Crippen LogP contribution in [0.5, 0.6) is 5.75 Å². The van der Waals surface area contributed by atoms with E-state index in [2.05, 4.69) is 24.3 Å². The smallest absolute Gasteiger partial charge is 0.253 e. The van der Waals surface area contributed by atoms with E-state index in [-0.39, 0.29) is 12.0 Å². The zero-order valence-corrected chi connectivity index (χ0v) is 14.7. The third-order valence-corrected chi connectivity index (χ3v) is 4.65. The molecule has 0 saturated carbocycles. The molecule has 3 rings (SSSR count). The Kier molecular flexibility index (Phi) is 6.07. The molecular formula is C21H25NO3. The Balaban J connectivity index is 1.42. The number of nitrogens with zero attached hydrogens (tertiary/aromatic N) is 1. The Labute approximate surface area is 149 Å². The van der Waals surface area contributed by atoms with Gasteiger partial charge in [0.15, 0.2) is 0 Å². The van der Waals surface area contributed by atoms with E-state index in [1.165, 1.54) is 5.56 Å². The average molecular weight is 339 g/mol. The molecule has 0 aromatic heterocycles. The molecule has 0 spiro atoms. The van der Waals surface area contributed by atoms with E-state index in [1.807, 2.05) is 35.2 Å². The fourth-order valence-corrected chi connectivity index (χ4v) is 3.13. The molecule has 4 heteroatoms. The van der Waals surface area contributed by atoms with Gasteiger partial charge >= 0.3 is 0 Å². The minimum atomic E-state index is 0.0883. The van der Waals surface area contributed by atoms with Crippen molar-refractivity contribution in [1.82, 2.24) is 4.90 Å². The lowest BCUT2D eigenvalue weighted by Crippen LogP contribution is -2.41. The molecule has 0 aliphatic carbocycles. The molecule has 4 nitrogen and oxygen atoms in total. The summed E-state index contributed by atoms with van der Waals surface area (Å²) in [5, 5.41) is 0. The molecule has 0 atom stereocenters. The van der Waals surface area contributed by atoms with Gasteiger partial charge in [-0.1, -0.05) is 30.3 Å². The summed E-state index contributed by atoms with van der Waals surface area (Å²) in [6.45, 7) is 2.24. The van der Waals surface area contributed by atoms with E-state index in [0.717, 1.165) is 44.7 Å². The van der Waals surface area contributed by atoms with Gasteiger partial charge in [-0.05, 0) is 49.1 Å². The van der Waals surface area contributed by atoms with Crippen LogP contribution in [0.3, 0.4) is 0 Å². The van der Waals surface area contributed by atoms with Crippen LogP contribution in [0.1, 0.15) is 28.8 Å². The van der Waals surface area contributed by atoms with Gasteiger partial charge in [-0.2, -0.15) is 0 Å². The highest BCUT2D eigenvalue weighted by atomic mass is 16.5. The van der Waals surface area contributed by atoms with Gasteiger partial charge in [0.2, 0.25) is 0 Å². The SMILES string of the molecule is COc1ccc(C(=O)N2CCC(OCCc3ccccc3)CC2)cc1. The summed E-state index contributed by atoms with van der Waals surface area (Å²) >= 11 is 0. The number of ether oxygens (including phenoxy) is 2. The van der Waals surface area contributed by atoms with Gasteiger partial charge in [-0.15, -0.1) is 0 Å². The zero-order chi connectivity index (χ0) is 17.5. The van der Waals surface area contributed by atoms with Crippen molar-refractivity contribution >= 4 is 5.91 Å². The molecule has 1 fully saturated rings. The molecule has 0 bridgehead atoms. The van der Waals surface area contributed by atoms with Crippen LogP contribution in [0.25, 0.3) is 0 Å². The molecule has 1 heterocycles. The van der Waals surface area contributed by atoms with Gasteiger partial charge in [0.05, 0.1) is 19.8 Å². The average Bonchev–Trinajstić information content (AvgIpc) is 2.69. The normalized spacial score (nSPS) is 15.2. The number of rotatable bonds is 6. The number of hydrogen-bond acceptors (Lipinski definition) is 3. The van der Waals surface area contributed by atoms with Gasteiger partial charge in [0.1, 0.15) is 5.75 Å². The summed E-state index contributed by atoms with van der Waals surface area (Å²) in [7, 11) is 1.62. The van der Waals surface area contributed by atoms with Gasteiger partial charge in [-0.25, -0.2) is 0 Å². The molecular weight excluding hydrogens is 314 g/mol. The van der Waals surface area contributed by atoms with E-state index >= 15 is 0 Å². The lowest BCUT2D eigenvalue weighted by Gasteiger charge is -2.32. The fraction of sp³-hybridized carbons (Fsp3) is 0.381. The third-order valence-electron chi connectivity index (χ3n) is 4.65. The third kappa shape index (κ3) is 4.83. The van der Waals surface area contributed by atoms with E-state index in [4.69, 9.17) is 9.47 Å². The highest BCUT2D eigenvalue weighted by Crippen LogP contribution is 2.18. The molecule has 132 valence electrons. The Morgan fingerprint density at radius 3 is 2.36 bits per heavy atom. The molecule has 2 aromatic rings. The maximum atomic E-state index is 12.5. The first-order chi connectivity index (χ1) is 12.3. The summed E-state index contributed by atoms with van der Waals surface area (Å²) in [5.74, 6) is 0.854. The molecule has 25 heavy (non-hydrogen) atoms. The highest BCUT2D eigenvalue weighted by molar-refractivity contribution is 5.94. The maximum Gasteiger partial charge on any atom is 0.253 e. The monoisotopic (exact) mass is 339 g/mol. The number of amides is 1. The van der Waals surface area contributed by atoms with Gasteiger partial charge in [0, 0.05) is 18.7 Å². The summed E-state index contributed by atoms with van der Waals surface area (Å²) in [5.41, 5.74) is 2.01. The largest absolute Gasteiger partial charge is 0.497 e. The van der Waals surface area contributed by atoms with E-state index in [0.29, 0.717) is 5.56 Å². The van der Waals surface area contributed by atoms with Crippen LogP contribution in [0, 0.1) is 0 Å². The second-order valence-electron chi connectivity index (χ2n) is 6.33. The molecule has 0 radical (unpaired) electrons. The molecule has 2 aromatic carbocycles. The van der Waals surface area contributed by atoms with Crippen LogP contribution in [0.2, 0.25) is 0 Å². The first kappa shape index (κ1) is 17.5. The highest BCUT2D eigenvalue weighted by Gasteiger charge is 2.24. The number of benzene rings is 2. The Morgan fingerprint density at radius 1 is 1.04 bits per heavy atom. The van der Waals surface area contributed by atoms with Crippen LogP contribution in [0.4, 0.5) is 0 Å². The predicted molar refractivity (Wildman–Crippen MR) is 98.0 cm³/mol. The minimum absolute atomic E-state index is 0.0883. The number of carbonyl (C=O) groups is 1. The van der Waals surface area contributed by atoms with Crippen LogP contribution in [0.15, 0.2) is 54.6 Å². The number of piperidine rings is 1. The Hall–Kier alpha value is -2.33. The summed E-state index contributed by atoms with van der Waals surface area (Å²) < 4.78 is 11.1. The Bertz CT molecular complexity index is 661. The van der Waals surface area contributed by atoms with Crippen molar-refractivity contribution in [2.24, 2.45) is 0 Å². The van der Waals surface area contributed by atoms with Crippen molar-refractivity contribution in [1.29, 1.82) is 0 Å². The first-order valence-electron chi connectivity index (χ1n) is 8.85. The second kappa shape index (κ2) is 8.67. The lowest BCUT2D eigenvalue weighted by molar-refractivity contribution is 0.0100. The van der Waals surface area contributed by atoms with Crippen molar-refractivity contribution in [3.63, 3.8) is 0 Å². The number of likely N-dealkylation sites (tertiary alicyclic amines) is 1. The van der Waals surface area contributed by atoms with E-state index < -0.39 is 0 Å². The van der Waals surface area contributed by atoms with Crippen molar-refractivity contribution in [2.45, 2.75) is 25.4 Å². The van der Waals surface area contributed by atoms with Crippen molar-refractivity contribution in [2.75, 3.05) is 26.8 Å². The molecule has 1 aliphatic heterocycles. The topological polar surface area (TPSA) is 38.8 Å². The number of methoxy groups -OCH3 is 1. The molecule has 1 aliphatic rings. The van der Waals surface area contributed by atoms with Crippen molar-refractivity contribution in [3.8, 4) is 5.75 Å². The predicted octanol–water partition coefficient (Wildman–Crippen LogP) is 3.56. The number of carbonyl (C=O) groups excluding carboxylic acids is 1. The standard InChI is InChI=1S/C21H25NO3/c1-24-19-9-7-18(8-10-19)21(23)22-14-11-20(12-15-22)25-16-13-17-5-3-2-4-6-17/h2-10,20H,11-16H2,1H3. The fourth-order valence-electron chi connectivity index (χ4n) is 3.13. The van der Waals surface area contributed by atoms with E-state index in [9.17, 15) is 4.79 Å². The molecule has 0 unspecified atom stereocenters. The van der Waals surface area contributed by atoms with Crippen molar-refractivity contribution in [3.05, 3.63) is 65.7 Å². The zero-order valence-electron chi connectivity index (χ0n) is 14.7. The second-order valence-corrected chi connectivity index (χ2v) is 6.33.